The van der Waals surface area contributed by atoms with E-state index in [4.69, 9.17) is 10.5 Å². The Morgan fingerprint density at radius 3 is 2.81 bits per heavy atom. The number of aliphatic hydroxyl groups is 1. The van der Waals surface area contributed by atoms with Gasteiger partial charge in [-0.3, -0.25) is 13.6 Å². The molecule has 1 aromatic rings. The number of ether oxygens (including phenoxy) is 1. The summed E-state index contributed by atoms with van der Waals surface area (Å²) in [6.07, 6.45) is -4.07. The highest BCUT2D eigenvalue weighted by Crippen LogP contribution is 2.47. The van der Waals surface area contributed by atoms with Gasteiger partial charge < -0.3 is 20.5 Å². The third-order valence-electron chi connectivity index (χ3n) is 3.64. The second-order valence-corrected chi connectivity index (χ2v) is 7.09. The number of rotatable bonds is 8. The predicted molar refractivity (Wildman–Crippen MR) is 84.4 cm³/mol. The number of anilines is 1. The number of nitrogens with zero attached hydrogens (tertiary/aromatic N) is 2. The van der Waals surface area contributed by atoms with Crippen molar-refractivity contribution in [2.75, 3.05) is 18.9 Å². The van der Waals surface area contributed by atoms with E-state index in [9.17, 15) is 28.1 Å². The van der Waals surface area contributed by atoms with Crippen molar-refractivity contribution in [1.82, 2.24) is 9.55 Å². The molecule has 1 aliphatic heterocycles. The topological polar surface area (TPSA) is 146 Å². The van der Waals surface area contributed by atoms with Gasteiger partial charge in [-0.2, -0.15) is 13.8 Å². The summed E-state index contributed by atoms with van der Waals surface area (Å²) in [6, 6.07) is 1.11. The Hall–Kier alpha value is -1.43. The molecule has 0 spiro atoms. The molecule has 10 nitrogen and oxygen atoms in total. The molecule has 0 aromatic carbocycles. The number of unbranched alkanes of at least 4 members (excludes halogenated alkanes) is 1. The van der Waals surface area contributed by atoms with Crippen LogP contribution in [0.1, 0.15) is 26.0 Å². The summed E-state index contributed by atoms with van der Waals surface area (Å²) >= 11 is 0. The van der Waals surface area contributed by atoms with Gasteiger partial charge >= 0.3 is 19.4 Å². The molecule has 0 saturated carbocycles. The molecule has 4 N–H and O–H groups in total. The number of hydrogen-bond donors (Lipinski definition) is 3. The summed E-state index contributed by atoms with van der Waals surface area (Å²) < 4.78 is 54.9. The van der Waals surface area contributed by atoms with Gasteiger partial charge in [0.05, 0.1) is 13.2 Å². The highest BCUT2D eigenvalue weighted by atomic mass is 31.2. The average molecular weight is 399 g/mol. The molecule has 1 aromatic heterocycles. The number of phosphoric acid groups is 1. The summed E-state index contributed by atoms with van der Waals surface area (Å²) in [5.74, 6) is -4.04. The van der Waals surface area contributed by atoms with Crippen molar-refractivity contribution < 1.29 is 37.1 Å². The lowest BCUT2D eigenvalue weighted by atomic mass is 10.1. The molecule has 1 saturated heterocycles. The smallest absolute Gasteiger partial charge is 0.384 e. The number of aromatic nitrogens is 2. The quantitative estimate of drug-likeness (QED) is 0.423. The van der Waals surface area contributed by atoms with E-state index in [1.807, 2.05) is 6.92 Å². The van der Waals surface area contributed by atoms with E-state index < -0.39 is 44.5 Å². The van der Waals surface area contributed by atoms with E-state index >= 15 is 0 Å². The SMILES string of the molecule is CCCCOP(=O)(O)OC[C@H]1O[C@@H](n2ccc(N)nc2=O)C(F)(F)[C@@H]1O. The van der Waals surface area contributed by atoms with Crippen LogP contribution in [0.4, 0.5) is 14.6 Å². The summed E-state index contributed by atoms with van der Waals surface area (Å²) in [5.41, 5.74) is 4.20. The molecule has 1 unspecified atom stereocenters. The van der Waals surface area contributed by atoms with Crippen LogP contribution in [-0.4, -0.2) is 50.9 Å². The van der Waals surface area contributed by atoms with Crippen molar-refractivity contribution in [3.63, 3.8) is 0 Å². The zero-order chi connectivity index (χ0) is 19.5. The summed E-state index contributed by atoms with van der Waals surface area (Å²) in [4.78, 5) is 24.5. The van der Waals surface area contributed by atoms with Crippen molar-refractivity contribution in [2.24, 2.45) is 0 Å². The number of phosphoric ester groups is 1. The number of nitrogen functional groups attached to an aromatic ring is 1. The second kappa shape index (κ2) is 8.07. The molecule has 148 valence electrons. The van der Waals surface area contributed by atoms with Crippen molar-refractivity contribution in [3.05, 3.63) is 22.7 Å². The first-order valence-corrected chi connectivity index (χ1v) is 9.26. The molecule has 2 heterocycles. The van der Waals surface area contributed by atoms with Crippen molar-refractivity contribution in [2.45, 2.75) is 44.1 Å². The minimum absolute atomic E-state index is 0.0519. The van der Waals surface area contributed by atoms with Gasteiger partial charge in [0.1, 0.15) is 11.9 Å². The summed E-state index contributed by atoms with van der Waals surface area (Å²) in [7, 11) is -4.48. The average Bonchev–Trinajstić information content (AvgIpc) is 2.77. The van der Waals surface area contributed by atoms with Crippen LogP contribution >= 0.6 is 7.82 Å². The van der Waals surface area contributed by atoms with Crippen LogP contribution in [0.2, 0.25) is 0 Å². The molecule has 4 atom stereocenters. The lowest BCUT2D eigenvalue weighted by molar-refractivity contribution is -0.140. The van der Waals surface area contributed by atoms with Crippen LogP contribution in [-0.2, 0) is 18.3 Å². The third kappa shape index (κ3) is 4.64. The largest absolute Gasteiger partial charge is 0.472 e. The van der Waals surface area contributed by atoms with Gasteiger partial charge in [-0.25, -0.2) is 9.36 Å². The highest BCUT2D eigenvalue weighted by molar-refractivity contribution is 7.47. The minimum atomic E-state index is -4.48. The van der Waals surface area contributed by atoms with E-state index in [2.05, 4.69) is 14.0 Å². The molecule has 0 radical (unpaired) electrons. The van der Waals surface area contributed by atoms with Gasteiger partial charge in [0.15, 0.2) is 6.10 Å². The fourth-order valence-corrected chi connectivity index (χ4v) is 3.01. The second-order valence-electron chi connectivity index (χ2n) is 5.64. The Morgan fingerprint density at radius 1 is 1.50 bits per heavy atom. The number of halogens is 2. The Labute approximate surface area is 147 Å². The molecule has 0 amide bonds. The van der Waals surface area contributed by atoms with Crippen LogP contribution < -0.4 is 11.4 Å². The normalized spacial score (nSPS) is 27.3. The van der Waals surface area contributed by atoms with Crippen molar-refractivity contribution in [1.29, 1.82) is 0 Å². The zero-order valence-electron chi connectivity index (χ0n) is 13.8. The van der Waals surface area contributed by atoms with Gasteiger partial charge in [0, 0.05) is 6.20 Å². The Bertz CT molecular complexity index is 732. The zero-order valence-corrected chi connectivity index (χ0v) is 14.7. The molecule has 13 heteroatoms. The standard InChI is InChI=1S/C13H20F2N3O7P/c1-2-3-6-23-26(21,22)24-7-8-10(19)13(14,15)11(25-8)18-5-4-9(16)17-12(18)20/h4-5,8,10-11,19H,2-3,6-7H2,1H3,(H,21,22)(H2,16,17,20)/t8-,10-,11-/m1/s1. The molecule has 2 rings (SSSR count). The monoisotopic (exact) mass is 399 g/mol. The first kappa shape index (κ1) is 20.9. The number of alkyl halides is 2. The van der Waals surface area contributed by atoms with Crippen LogP contribution in [0.3, 0.4) is 0 Å². The number of hydrogen-bond acceptors (Lipinski definition) is 8. The van der Waals surface area contributed by atoms with Crippen molar-refractivity contribution >= 4 is 13.6 Å². The van der Waals surface area contributed by atoms with E-state index in [0.29, 0.717) is 17.4 Å². The van der Waals surface area contributed by atoms with Crippen LogP contribution in [0.5, 0.6) is 0 Å². The Morgan fingerprint density at radius 2 is 2.19 bits per heavy atom. The van der Waals surface area contributed by atoms with Gasteiger partial charge in [0.25, 0.3) is 0 Å². The third-order valence-corrected chi connectivity index (χ3v) is 4.62. The molecule has 1 aliphatic rings. The number of nitrogens with two attached hydrogens (primary N) is 1. The molecule has 1 fully saturated rings. The van der Waals surface area contributed by atoms with E-state index in [0.717, 1.165) is 12.3 Å². The first-order valence-electron chi connectivity index (χ1n) is 7.76. The lowest BCUT2D eigenvalue weighted by Gasteiger charge is -2.20. The molecule has 26 heavy (non-hydrogen) atoms. The first-order chi connectivity index (χ1) is 12.1. The Balaban J connectivity index is 2.08. The lowest BCUT2D eigenvalue weighted by Crippen LogP contribution is -2.41. The maximum Gasteiger partial charge on any atom is 0.472 e. The van der Waals surface area contributed by atoms with Gasteiger partial charge in [-0.05, 0) is 12.5 Å². The Kier molecular flexibility index (Phi) is 6.48. The van der Waals surface area contributed by atoms with E-state index in [1.165, 1.54) is 0 Å². The molecular formula is C13H20F2N3O7P. The van der Waals surface area contributed by atoms with Crippen LogP contribution in [0, 0.1) is 0 Å². The van der Waals surface area contributed by atoms with Gasteiger partial charge in [-0.15, -0.1) is 0 Å². The number of aliphatic hydroxyl groups excluding tert-OH is 1. The maximum absolute atomic E-state index is 14.3. The molecule has 0 aliphatic carbocycles. The predicted octanol–water partition coefficient (Wildman–Crippen LogP) is 0.653. The van der Waals surface area contributed by atoms with E-state index in [1.54, 1.807) is 0 Å². The van der Waals surface area contributed by atoms with E-state index in [-0.39, 0.29) is 12.4 Å². The fourth-order valence-electron chi connectivity index (χ4n) is 2.24. The van der Waals surface area contributed by atoms with Crippen LogP contribution in [0.25, 0.3) is 0 Å². The molecular weight excluding hydrogens is 379 g/mol. The molecule has 0 bridgehead atoms. The summed E-state index contributed by atoms with van der Waals surface area (Å²) in [6.45, 7) is 0.944. The van der Waals surface area contributed by atoms with Gasteiger partial charge in [-0.1, -0.05) is 13.3 Å². The van der Waals surface area contributed by atoms with Crippen LogP contribution in [0.15, 0.2) is 17.1 Å². The minimum Gasteiger partial charge on any atom is -0.384 e. The summed E-state index contributed by atoms with van der Waals surface area (Å²) in [5, 5.41) is 9.78. The maximum atomic E-state index is 14.3. The fraction of sp³-hybridized carbons (Fsp3) is 0.692. The van der Waals surface area contributed by atoms with Gasteiger partial charge in [0.2, 0.25) is 6.23 Å². The van der Waals surface area contributed by atoms with Crippen molar-refractivity contribution in [3.8, 4) is 0 Å². The highest BCUT2D eigenvalue weighted by Gasteiger charge is 2.60.